The maximum Gasteiger partial charge on any atom is 0.289 e. The van der Waals surface area contributed by atoms with Crippen LogP contribution in [0.15, 0.2) is 59.7 Å². The van der Waals surface area contributed by atoms with E-state index in [1.54, 1.807) is 12.3 Å². The van der Waals surface area contributed by atoms with E-state index in [4.69, 9.17) is 4.74 Å². The van der Waals surface area contributed by atoms with Crippen LogP contribution in [0.3, 0.4) is 0 Å². The molecule has 0 aliphatic carbocycles. The van der Waals surface area contributed by atoms with Gasteiger partial charge in [-0.25, -0.2) is 5.43 Å². The van der Waals surface area contributed by atoms with Crippen molar-refractivity contribution in [1.82, 2.24) is 15.6 Å². The van der Waals surface area contributed by atoms with Gasteiger partial charge in [0, 0.05) is 5.56 Å². The summed E-state index contributed by atoms with van der Waals surface area (Å²) in [6.45, 7) is 4.67. The third-order valence-corrected chi connectivity index (χ3v) is 4.05. The minimum absolute atomic E-state index is 0.345. The first-order chi connectivity index (χ1) is 13.2. The number of aromatic nitrogens is 2. The van der Waals surface area contributed by atoms with Crippen molar-refractivity contribution in [1.29, 1.82) is 0 Å². The molecule has 1 aromatic heterocycles. The predicted molar refractivity (Wildman–Crippen MR) is 106 cm³/mol. The van der Waals surface area contributed by atoms with Gasteiger partial charge in [0.05, 0.1) is 18.5 Å². The van der Waals surface area contributed by atoms with Crippen LogP contribution in [0.2, 0.25) is 0 Å². The number of aryl methyl sites for hydroxylation is 1. The van der Waals surface area contributed by atoms with Crippen LogP contribution < -0.4 is 10.2 Å². The van der Waals surface area contributed by atoms with Crippen molar-refractivity contribution in [3.63, 3.8) is 0 Å². The number of aromatic amines is 1. The molecule has 2 N–H and O–H groups in total. The second kappa shape index (κ2) is 8.80. The summed E-state index contributed by atoms with van der Waals surface area (Å²) in [5.41, 5.74) is 6.61. The lowest BCUT2D eigenvalue weighted by Gasteiger charge is -2.02. The Morgan fingerprint density at radius 2 is 1.89 bits per heavy atom. The summed E-state index contributed by atoms with van der Waals surface area (Å²) in [6, 6.07) is 17.3. The summed E-state index contributed by atoms with van der Waals surface area (Å²) < 4.78 is 5.43. The summed E-state index contributed by atoms with van der Waals surface area (Å²) in [4.78, 5) is 12.2. The van der Waals surface area contributed by atoms with Crippen molar-refractivity contribution in [3.8, 4) is 17.0 Å². The van der Waals surface area contributed by atoms with E-state index in [-0.39, 0.29) is 5.91 Å². The Hall–Kier alpha value is -3.41. The molecule has 27 heavy (non-hydrogen) atoms. The molecule has 2 aromatic carbocycles. The van der Waals surface area contributed by atoms with Crippen LogP contribution in [0, 0.1) is 0 Å². The Balaban J connectivity index is 1.61. The van der Waals surface area contributed by atoms with Crippen molar-refractivity contribution >= 4 is 12.1 Å². The third-order valence-electron chi connectivity index (χ3n) is 4.05. The Labute approximate surface area is 158 Å². The SMILES string of the molecule is CCOc1ccc(-c2cc(C(=O)N/N=C\c3ccc(CC)cc3)[nH]n2)cc1. The molecular formula is C21H22N4O2. The quantitative estimate of drug-likeness (QED) is 0.495. The average Bonchev–Trinajstić information content (AvgIpc) is 3.20. The first-order valence-corrected chi connectivity index (χ1v) is 8.90. The number of hydrogen-bond acceptors (Lipinski definition) is 4. The highest BCUT2D eigenvalue weighted by molar-refractivity contribution is 5.94. The average molecular weight is 362 g/mol. The number of ether oxygens (including phenoxy) is 1. The van der Waals surface area contributed by atoms with Gasteiger partial charge in [0.25, 0.3) is 5.91 Å². The van der Waals surface area contributed by atoms with Gasteiger partial charge in [-0.1, -0.05) is 31.2 Å². The van der Waals surface area contributed by atoms with Gasteiger partial charge in [-0.15, -0.1) is 0 Å². The molecule has 1 heterocycles. The summed E-state index contributed by atoms with van der Waals surface area (Å²) in [7, 11) is 0. The topological polar surface area (TPSA) is 79.4 Å². The first kappa shape index (κ1) is 18.4. The Bertz CT molecular complexity index is 912. The van der Waals surface area contributed by atoms with E-state index in [1.165, 1.54) is 5.56 Å². The molecule has 138 valence electrons. The maximum atomic E-state index is 12.2. The largest absolute Gasteiger partial charge is 0.494 e. The lowest BCUT2D eigenvalue weighted by molar-refractivity contribution is 0.0950. The summed E-state index contributed by atoms with van der Waals surface area (Å²) in [5, 5.41) is 10.9. The van der Waals surface area contributed by atoms with E-state index in [0.717, 1.165) is 23.3 Å². The number of benzene rings is 2. The number of H-pyrrole nitrogens is 1. The second-order valence-electron chi connectivity index (χ2n) is 5.92. The summed E-state index contributed by atoms with van der Waals surface area (Å²) >= 11 is 0. The van der Waals surface area contributed by atoms with Crippen LogP contribution >= 0.6 is 0 Å². The van der Waals surface area contributed by atoms with Crippen molar-refractivity contribution in [2.24, 2.45) is 5.10 Å². The normalized spacial score (nSPS) is 10.9. The Morgan fingerprint density at radius 3 is 2.56 bits per heavy atom. The highest BCUT2D eigenvalue weighted by atomic mass is 16.5. The lowest BCUT2D eigenvalue weighted by atomic mass is 10.1. The molecule has 0 saturated heterocycles. The maximum absolute atomic E-state index is 12.2. The number of hydrazone groups is 1. The van der Waals surface area contributed by atoms with E-state index < -0.39 is 0 Å². The van der Waals surface area contributed by atoms with Gasteiger partial charge < -0.3 is 4.74 Å². The smallest absolute Gasteiger partial charge is 0.289 e. The molecular weight excluding hydrogens is 340 g/mol. The minimum Gasteiger partial charge on any atom is -0.494 e. The number of nitrogens with one attached hydrogen (secondary N) is 2. The van der Waals surface area contributed by atoms with Crippen LogP contribution in [0.1, 0.15) is 35.5 Å². The number of carbonyl (C=O) groups is 1. The van der Waals surface area contributed by atoms with Gasteiger partial charge in [0.1, 0.15) is 11.4 Å². The molecule has 0 aliphatic rings. The predicted octanol–water partition coefficient (Wildman–Crippen LogP) is 3.80. The van der Waals surface area contributed by atoms with E-state index in [9.17, 15) is 4.79 Å². The van der Waals surface area contributed by atoms with Crippen LogP contribution in [0.5, 0.6) is 5.75 Å². The van der Waals surface area contributed by atoms with Crippen LogP contribution in [0.25, 0.3) is 11.3 Å². The molecule has 0 aliphatic heterocycles. The number of rotatable bonds is 7. The molecule has 0 fully saturated rings. The fourth-order valence-electron chi connectivity index (χ4n) is 2.54. The van der Waals surface area contributed by atoms with Gasteiger partial charge in [0.2, 0.25) is 0 Å². The van der Waals surface area contributed by atoms with E-state index in [1.807, 2.05) is 55.5 Å². The van der Waals surface area contributed by atoms with Crippen molar-refractivity contribution in [2.45, 2.75) is 20.3 Å². The molecule has 1 amide bonds. The van der Waals surface area contributed by atoms with Gasteiger partial charge in [-0.3, -0.25) is 9.89 Å². The summed E-state index contributed by atoms with van der Waals surface area (Å²) in [5.74, 6) is 0.456. The zero-order valence-electron chi connectivity index (χ0n) is 15.4. The third kappa shape index (κ3) is 4.82. The van der Waals surface area contributed by atoms with Crippen LogP contribution in [-0.4, -0.2) is 28.9 Å². The molecule has 0 atom stereocenters. The molecule has 0 unspecified atom stereocenters. The zero-order valence-corrected chi connectivity index (χ0v) is 15.4. The number of hydrogen-bond donors (Lipinski definition) is 2. The highest BCUT2D eigenvalue weighted by Gasteiger charge is 2.10. The fourth-order valence-corrected chi connectivity index (χ4v) is 2.54. The molecule has 6 heteroatoms. The first-order valence-electron chi connectivity index (χ1n) is 8.90. The Morgan fingerprint density at radius 1 is 1.15 bits per heavy atom. The van der Waals surface area contributed by atoms with Gasteiger partial charge in [-0.05, 0) is 54.8 Å². The van der Waals surface area contributed by atoms with Crippen molar-refractivity contribution < 1.29 is 9.53 Å². The van der Waals surface area contributed by atoms with E-state index in [2.05, 4.69) is 27.6 Å². The molecule has 0 radical (unpaired) electrons. The minimum atomic E-state index is -0.346. The summed E-state index contributed by atoms with van der Waals surface area (Å²) in [6.07, 6.45) is 2.60. The Kier molecular flexibility index (Phi) is 5.99. The van der Waals surface area contributed by atoms with Gasteiger partial charge in [-0.2, -0.15) is 10.2 Å². The van der Waals surface area contributed by atoms with Crippen LogP contribution in [0.4, 0.5) is 0 Å². The zero-order chi connectivity index (χ0) is 19.1. The number of nitrogens with zero attached hydrogens (tertiary/aromatic N) is 2. The van der Waals surface area contributed by atoms with E-state index >= 15 is 0 Å². The van der Waals surface area contributed by atoms with Crippen molar-refractivity contribution in [2.75, 3.05) is 6.61 Å². The monoisotopic (exact) mass is 362 g/mol. The molecule has 0 spiro atoms. The van der Waals surface area contributed by atoms with Gasteiger partial charge >= 0.3 is 0 Å². The molecule has 0 bridgehead atoms. The van der Waals surface area contributed by atoms with Crippen LogP contribution in [-0.2, 0) is 6.42 Å². The standard InChI is InChI=1S/C21H22N4O2/c1-3-15-5-7-16(8-6-15)14-22-25-21(26)20-13-19(23-24-20)17-9-11-18(12-10-17)27-4-2/h5-14H,3-4H2,1-2H3,(H,23,24)(H,25,26)/b22-14-. The second-order valence-corrected chi connectivity index (χ2v) is 5.92. The van der Waals surface area contributed by atoms with Crippen molar-refractivity contribution in [3.05, 3.63) is 71.4 Å². The molecule has 0 saturated carbocycles. The highest BCUT2D eigenvalue weighted by Crippen LogP contribution is 2.21. The fraction of sp³-hybridized carbons (Fsp3) is 0.190. The molecule has 3 aromatic rings. The van der Waals surface area contributed by atoms with Gasteiger partial charge in [0.15, 0.2) is 0 Å². The molecule has 3 rings (SSSR count). The van der Waals surface area contributed by atoms with E-state index in [0.29, 0.717) is 18.0 Å². The number of amides is 1. The number of carbonyl (C=O) groups excluding carboxylic acids is 1. The molecule has 6 nitrogen and oxygen atoms in total. The lowest BCUT2D eigenvalue weighted by Crippen LogP contribution is -2.17.